The van der Waals surface area contributed by atoms with E-state index in [4.69, 9.17) is 4.98 Å². The summed E-state index contributed by atoms with van der Waals surface area (Å²) in [4.78, 5) is 44.7. The maximum Gasteiger partial charge on any atom is 0.254 e. The Balaban J connectivity index is 1.57. The van der Waals surface area contributed by atoms with Crippen molar-refractivity contribution in [1.82, 2.24) is 24.8 Å². The van der Waals surface area contributed by atoms with Gasteiger partial charge < -0.3 is 14.7 Å². The monoisotopic (exact) mass is 446 g/mol. The zero-order valence-electron chi connectivity index (χ0n) is 19.8. The zero-order chi connectivity index (χ0) is 23.7. The number of benzene rings is 1. The minimum atomic E-state index is -0.108. The molecule has 8 heteroatoms. The lowest BCUT2D eigenvalue weighted by Crippen LogP contribution is -2.32. The molecule has 0 saturated carbocycles. The van der Waals surface area contributed by atoms with Gasteiger partial charge in [0.25, 0.3) is 5.91 Å². The molecule has 2 amide bonds. The van der Waals surface area contributed by atoms with E-state index in [0.29, 0.717) is 24.4 Å². The van der Waals surface area contributed by atoms with Gasteiger partial charge in [-0.2, -0.15) is 0 Å². The van der Waals surface area contributed by atoms with Gasteiger partial charge in [-0.3, -0.25) is 14.6 Å². The first-order chi connectivity index (χ1) is 15.7. The van der Waals surface area contributed by atoms with Crippen LogP contribution in [0, 0.1) is 0 Å². The van der Waals surface area contributed by atoms with Crippen LogP contribution in [0.15, 0.2) is 42.6 Å². The molecule has 33 heavy (non-hydrogen) atoms. The van der Waals surface area contributed by atoms with Gasteiger partial charge in [0.1, 0.15) is 11.6 Å². The van der Waals surface area contributed by atoms with E-state index in [2.05, 4.69) is 9.97 Å². The average Bonchev–Trinajstić information content (AvgIpc) is 3.20. The van der Waals surface area contributed by atoms with E-state index >= 15 is 0 Å². The normalized spacial score (nSPS) is 16.0. The summed E-state index contributed by atoms with van der Waals surface area (Å²) >= 11 is 0. The molecule has 0 unspecified atom stereocenters. The van der Waals surface area contributed by atoms with Gasteiger partial charge in [-0.15, -0.1) is 0 Å². The summed E-state index contributed by atoms with van der Waals surface area (Å²) in [5.41, 5.74) is 2.29. The molecule has 0 aliphatic carbocycles. The zero-order valence-corrected chi connectivity index (χ0v) is 19.8. The number of hydrogen-bond acceptors (Lipinski definition) is 6. The van der Waals surface area contributed by atoms with Crippen LogP contribution in [0.25, 0.3) is 10.9 Å². The van der Waals surface area contributed by atoms with Crippen LogP contribution in [0.4, 0.5) is 5.82 Å². The van der Waals surface area contributed by atoms with Gasteiger partial charge in [0, 0.05) is 69.3 Å². The fourth-order valence-electron chi connectivity index (χ4n) is 4.15. The summed E-state index contributed by atoms with van der Waals surface area (Å²) in [5, 5.41) is 0.922. The lowest BCUT2D eigenvalue weighted by molar-refractivity contribution is -0.129. The number of nitrogens with zero attached hydrogens (tertiary/aromatic N) is 6. The smallest absolute Gasteiger partial charge is 0.254 e. The number of pyridine rings is 1. The highest BCUT2D eigenvalue weighted by atomic mass is 16.2. The van der Waals surface area contributed by atoms with Crippen molar-refractivity contribution in [3.8, 4) is 0 Å². The van der Waals surface area contributed by atoms with Crippen molar-refractivity contribution >= 4 is 28.5 Å². The largest absolute Gasteiger partial charge is 0.363 e. The number of likely N-dealkylation sites (tertiary alicyclic amines) is 1. The van der Waals surface area contributed by atoms with E-state index in [1.54, 1.807) is 24.2 Å². The number of anilines is 1. The molecule has 0 radical (unpaired) electrons. The number of amides is 2. The van der Waals surface area contributed by atoms with Gasteiger partial charge in [0.2, 0.25) is 5.91 Å². The minimum Gasteiger partial charge on any atom is -0.363 e. The predicted molar refractivity (Wildman–Crippen MR) is 128 cm³/mol. The fraction of sp³-hybridized carbons (Fsp3) is 0.400. The molecule has 0 N–H and O–H groups in total. The van der Waals surface area contributed by atoms with Crippen LogP contribution in [-0.2, 0) is 11.3 Å². The third kappa shape index (κ3) is 4.79. The van der Waals surface area contributed by atoms with E-state index in [1.165, 1.54) is 0 Å². The molecule has 3 aromatic rings. The highest BCUT2D eigenvalue weighted by Crippen LogP contribution is 2.30. The highest BCUT2D eigenvalue weighted by molar-refractivity contribution is 5.97. The molecule has 1 aliphatic rings. The molecule has 1 fully saturated rings. The highest BCUT2D eigenvalue weighted by Gasteiger charge is 2.33. The standard InChI is InChI=1S/C25H30N6O2/c1-16(2)31-14-19(12-24(31)32)21-13-23(29(3)4)28-22(27-21)15-30(5)25(33)18-8-9-20-17(11-18)7-6-10-26-20/h6-11,13,16,19H,12,14-15H2,1-5H3/t19-/m0/s1. The molecule has 0 spiro atoms. The van der Waals surface area contributed by atoms with Crippen LogP contribution in [0.3, 0.4) is 0 Å². The Hall–Kier alpha value is -3.55. The van der Waals surface area contributed by atoms with E-state index < -0.39 is 0 Å². The van der Waals surface area contributed by atoms with Crippen LogP contribution in [0.2, 0.25) is 0 Å². The number of fused-ring (bicyclic) bond motifs is 1. The van der Waals surface area contributed by atoms with Crippen LogP contribution in [0.5, 0.6) is 0 Å². The SMILES string of the molecule is CC(C)N1C[C@@H](c2cc(N(C)C)nc(CN(C)C(=O)c3ccc4ncccc4c3)n2)CC1=O. The summed E-state index contributed by atoms with van der Waals surface area (Å²) in [5.74, 6) is 1.39. The van der Waals surface area contributed by atoms with Gasteiger partial charge in [-0.25, -0.2) is 9.97 Å². The van der Waals surface area contributed by atoms with Crippen molar-refractivity contribution in [3.05, 3.63) is 59.7 Å². The van der Waals surface area contributed by atoms with Crippen LogP contribution in [0.1, 0.15) is 48.1 Å². The Morgan fingerprint density at radius 3 is 2.64 bits per heavy atom. The molecule has 1 atom stereocenters. The molecule has 172 valence electrons. The van der Waals surface area contributed by atoms with Crippen LogP contribution < -0.4 is 4.90 Å². The third-order valence-electron chi connectivity index (χ3n) is 6.01. The van der Waals surface area contributed by atoms with E-state index in [0.717, 1.165) is 22.4 Å². The summed E-state index contributed by atoms with van der Waals surface area (Å²) in [6.45, 7) is 4.98. The second-order valence-electron chi connectivity index (χ2n) is 9.07. The van der Waals surface area contributed by atoms with Gasteiger partial charge in [-0.1, -0.05) is 6.07 Å². The first-order valence-electron chi connectivity index (χ1n) is 11.2. The molecule has 8 nitrogen and oxygen atoms in total. The summed E-state index contributed by atoms with van der Waals surface area (Å²) in [6.07, 6.45) is 2.18. The van der Waals surface area contributed by atoms with E-state index in [1.807, 2.05) is 68.1 Å². The first-order valence-corrected chi connectivity index (χ1v) is 11.2. The lowest BCUT2D eigenvalue weighted by Gasteiger charge is -2.22. The molecule has 3 heterocycles. The number of rotatable bonds is 6. The molecule has 0 bridgehead atoms. The Morgan fingerprint density at radius 1 is 1.15 bits per heavy atom. The number of hydrogen-bond donors (Lipinski definition) is 0. The fourth-order valence-corrected chi connectivity index (χ4v) is 4.15. The first kappa shape index (κ1) is 22.6. The topological polar surface area (TPSA) is 82.5 Å². The van der Waals surface area contributed by atoms with Crippen LogP contribution >= 0.6 is 0 Å². The lowest BCUT2D eigenvalue weighted by atomic mass is 10.0. The van der Waals surface area contributed by atoms with Crippen molar-refractivity contribution in [2.75, 3.05) is 32.6 Å². The Morgan fingerprint density at radius 2 is 1.94 bits per heavy atom. The Kier molecular flexibility index (Phi) is 6.26. The second-order valence-corrected chi connectivity index (χ2v) is 9.07. The minimum absolute atomic E-state index is 0.0225. The average molecular weight is 447 g/mol. The maximum absolute atomic E-state index is 13.1. The number of aromatic nitrogens is 3. The Bertz CT molecular complexity index is 1190. The maximum atomic E-state index is 13.1. The van der Waals surface area contributed by atoms with Crippen molar-refractivity contribution in [2.45, 2.75) is 38.8 Å². The van der Waals surface area contributed by atoms with E-state index in [-0.39, 0.29) is 30.3 Å². The summed E-state index contributed by atoms with van der Waals surface area (Å²) in [7, 11) is 5.60. The predicted octanol–water partition coefficient (Wildman–Crippen LogP) is 3.09. The van der Waals surface area contributed by atoms with Crippen molar-refractivity contribution in [3.63, 3.8) is 0 Å². The summed E-state index contributed by atoms with van der Waals surface area (Å²) < 4.78 is 0. The van der Waals surface area contributed by atoms with Gasteiger partial charge in [0.15, 0.2) is 0 Å². The van der Waals surface area contributed by atoms with Crippen molar-refractivity contribution < 1.29 is 9.59 Å². The van der Waals surface area contributed by atoms with Gasteiger partial charge in [-0.05, 0) is 38.1 Å². The molecule has 1 saturated heterocycles. The van der Waals surface area contributed by atoms with E-state index in [9.17, 15) is 9.59 Å². The molecular weight excluding hydrogens is 416 g/mol. The number of carbonyl (C=O) groups excluding carboxylic acids is 2. The molecular formula is C25H30N6O2. The summed E-state index contributed by atoms with van der Waals surface area (Å²) in [6, 6.07) is 11.4. The van der Waals surface area contributed by atoms with Crippen LogP contribution in [-0.4, -0.2) is 70.3 Å². The van der Waals surface area contributed by atoms with Gasteiger partial charge in [0.05, 0.1) is 17.8 Å². The van der Waals surface area contributed by atoms with Gasteiger partial charge >= 0.3 is 0 Å². The molecule has 1 aliphatic heterocycles. The quantitative estimate of drug-likeness (QED) is 0.579. The molecule has 2 aromatic heterocycles. The molecule has 4 rings (SSSR count). The third-order valence-corrected chi connectivity index (χ3v) is 6.01. The van der Waals surface area contributed by atoms with Crippen molar-refractivity contribution in [1.29, 1.82) is 0 Å². The number of carbonyl (C=O) groups is 2. The molecule has 1 aromatic carbocycles. The Labute approximate surface area is 194 Å². The second kappa shape index (κ2) is 9.13. The van der Waals surface area contributed by atoms with Crippen molar-refractivity contribution in [2.24, 2.45) is 0 Å².